The van der Waals surface area contributed by atoms with Crippen LogP contribution in [0.5, 0.6) is 11.6 Å². The molecule has 0 bridgehead atoms. The number of nitrogens with one attached hydrogen (secondary N) is 1. The molecule has 10 nitrogen and oxygen atoms in total. The highest BCUT2D eigenvalue weighted by Gasteiger charge is 2.25. The highest BCUT2D eigenvalue weighted by Crippen LogP contribution is 2.36. The van der Waals surface area contributed by atoms with Crippen LogP contribution in [0.25, 0.3) is 17.1 Å². The van der Waals surface area contributed by atoms with E-state index in [1.807, 2.05) is 0 Å². The number of anilines is 1. The molecule has 0 aliphatic rings. The fraction of sp³-hybridized carbons (Fsp3) is 0.143. The SMILES string of the molecule is COc1ccnc(OC)c1-n1c(NS(=O)(=O)Cl)nnc1-c1cccnc1. The van der Waals surface area contributed by atoms with Gasteiger partial charge in [0.05, 0.1) is 14.2 Å². The first kappa shape index (κ1) is 17.9. The van der Waals surface area contributed by atoms with Gasteiger partial charge in [0.2, 0.25) is 11.8 Å². The molecule has 0 radical (unpaired) electrons. The molecule has 3 aromatic heterocycles. The van der Waals surface area contributed by atoms with Crippen molar-refractivity contribution >= 4 is 25.9 Å². The van der Waals surface area contributed by atoms with Gasteiger partial charge in [-0.1, -0.05) is 0 Å². The van der Waals surface area contributed by atoms with Crippen LogP contribution in [0, 0.1) is 0 Å². The van der Waals surface area contributed by atoms with Crippen LogP contribution in [0.2, 0.25) is 0 Å². The summed E-state index contributed by atoms with van der Waals surface area (Å²) >= 11 is 0. The van der Waals surface area contributed by atoms with Crippen LogP contribution in [-0.4, -0.2) is 47.4 Å². The Morgan fingerprint density at radius 3 is 2.58 bits per heavy atom. The van der Waals surface area contributed by atoms with Gasteiger partial charge in [-0.2, -0.15) is 8.42 Å². The molecule has 0 fully saturated rings. The number of halogens is 1. The molecule has 26 heavy (non-hydrogen) atoms. The van der Waals surface area contributed by atoms with Crippen LogP contribution in [0.4, 0.5) is 5.95 Å². The lowest BCUT2D eigenvalue weighted by molar-refractivity contribution is 0.379. The number of hydrogen-bond acceptors (Lipinski definition) is 8. The highest BCUT2D eigenvalue weighted by atomic mass is 35.7. The number of ether oxygens (including phenoxy) is 2. The van der Waals surface area contributed by atoms with Crippen LogP contribution >= 0.6 is 10.7 Å². The van der Waals surface area contributed by atoms with Crippen molar-refractivity contribution in [1.82, 2.24) is 24.7 Å². The first-order valence-electron chi connectivity index (χ1n) is 7.10. The van der Waals surface area contributed by atoms with E-state index in [1.165, 1.54) is 25.0 Å². The van der Waals surface area contributed by atoms with Gasteiger partial charge in [0.1, 0.15) is 5.75 Å². The monoisotopic (exact) mass is 396 g/mol. The Hall–Kier alpha value is -2.92. The van der Waals surface area contributed by atoms with Crippen molar-refractivity contribution in [2.45, 2.75) is 0 Å². The van der Waals surface area contributed by atoms with E-state index in [9.17, 15) is 8.42 Å². The zero-order valence-electron chi connectivity index (χ0n) is 13.6. The second-order valence-corrected chi connectivity index (χ2v) is 7.13. The topological polar surface area (TPSA) is 121 Å². The zero-order valence-corrected chi connectivity index (χ0v) is 15.2. The summed E-state index contributed by atoms with van der Waals surface area (Å²) in [6.07, 6.45) is 4.63. The van der Waals surface area contributed by atoms with Gasteiger partial charge < -0.3 is 9.47 Å². The van der Waals surface area contributed by atoms with Crippen LogP contribution in [-0.2, 0) is 9.24 Å². The lowest BCUT2D eigenvalue weighted by Crippen LogP contribution is -2.12. The third-order valence-corrected chi connectivity index (χ3v) is 3.94. The van der Waals surface area contributed by atoms with Crippen molar-refractivity contribution in [3.63, 3.8) is 0 Å². The van der Waals surface area contributed by atoms with Crippen LogP contribution in [0.1, 0.15) is 0 Å². The molecule has 0 aliphatic carbocycles. The molecule has 3 aromatic rings. The first-order chi connectivity index (χ1) is 12.4. The fourth-order valence-electron chi connectivity index (χ4n) is 2.29. The van der Waals surface area contributed by atoms with Crippen molar-refractivity contribution in [3.05, 3.63) is 36.8 Å². The first-order valence-corrected chi connectivity index (χ1v) is 9.41. The summed E-state index contributed by atoms with van der Waals surface area (Å²) in [5, 5.41) is 7.92. The predicted octanol–water partition coefficient (Wildman–Crippen LogP) is 1.64. The van der Waals surface area contributed by atoms with E-state index in [1.54, 1.807) is 30.6 Å². The number of aromatic nitrogens is 5. The molecule has 0 unspecified atom stereocenters. The van der Waals surface area contributed by atoms with E-state index in [-0.39, 0.29) is 17.7 Å². The molecule has 0 amide bonds. The summed E-state index contributed by atoms with van der Waals surface area (Å²) in [6.45, 7) is 0. The Balaban J connectivity index is 2.33. The minimum Gasteiger partial charge on any atom is -0.494 e. The minimum absolute atomic E-state index is 0.163. The van der Waals surface area contributed by atoms with Crippen molar-refractivity contribution in [3.8, 4) is 28.7 Å². The van der Waals surface area contributed by atoms with Gasteiger partial charge >= 0.3 is 9.24 Å². The Bertz CT molecular complexity index is 1000. The average Bonchev–Trinajstić information content (AvgIpc) is 3.02. The van der Waals surface area contributed by atoms with E-state index in [2.05, 4.69) is 24.9 Å². The maximum Gasteiger partial charge on any atom is 0.321 e. The maximum atomic E-state index is 11.5. The van der Waals surface area contributed by atoms with Crippen LogP contribution in [0.3, 0.4) is 0 Å². The van der Waals surface area contributed by atoms with E-state index < -0.39 is 9.24 Å². The molecule has 1 N–H and O–H groups in total. The molecule has 0 aliphatic heterocycles. The molecule has 3 heterocycles. The van der Waals surface area contributed by atoms with Crippen LogP contribution in [0.15, 0.2) is 36.8 Å². The second-order valence-electron chi connectivity index (χ2n) is 4.84. The summed E-state index contributed by atoms with van der Waals surface area (Å²) < 4.78 is 37.2. The largest absolute Gasteiger partial charge is 0.494 e. The van der Waals surface area contributed by atoms with E-state index in [0.29, 0.717) is 17.0 Å². The van der Waals surface area contributed by atoms with Crippen molar-refractivity contribution < 1.29 is 17.9 Å². The summed E-state index contributed by atoms with van der Waals surface area (Å²) in [5.41, 5.74) is 0.872. The smallest absolute Gasteiger partial charge is 0.321 e. The summed E-state index contributed by atoms with van der Waals surface area (Å²) in [7, 11) is 4.06. The standard InChI is InChI=1S/C14H13ClN6O4S/c1-24-10-5-7-17-13(25-2)11(10)21-12(9-4-3-6-16-8-9)18-19-14(21)20-26(15,22)23/h3-8H,1-2H3,(H,19,20). The van der Waals surface area contributed by atoms with E-state index in [0.717, 1.165) is 0 Å². The Kier molecular flexibility index (Phi) is 4.91. The van der Waals surface area contributed by atoms with Crippen molar-refractivity contribution in [1.29, 1.82) is 0 Å². The molecule has 0 spiro atoms. The Morgan fingerprint density at radius 1 is 1.15 bits per heavy atom. The molecule has 0 atom stereocenters. The van der Waals surface area contributed by atoms with Crippen LogP contribution < -0.4 is 14.2 Å². The normalized spacial score (nSPS) is 11.2. The van der Waals surface area contributed by atoms with Gasteiger partial charge in [-0.05, 0) is 12.1 Å². The summed E-state index contributed by atoms with van der Waals surface area (Å²) in [6, 6.07) is 5.03. The fourth-order valence-corrected chi connectivity index (χ4v) is 2.85. The molecule has 136 valence electrons. The number of rotatable bonds is 6. The molecule has 0 saturated heterocycles. The van der Waals surface area contributed by atoms with Gasteiger partial charge in [0, 0.05) is 40.9 Å². The molecule has 0 aromatic carbocycles. The lowest BCUT2D eigenvalue weighted by Gasteiger charge is -2.16. The van der Waals surface area contributed by atoms with Gasteiger partial charge in [-0.15, -0.1) is 10.2 Å². The highest BCUT2D eigenvalue weighted by molar-refractivity contribution is 8.14. The average molecular weight is 397 g/mol. The number of nitrogens with zero attached hydrogens (tertiary/aromatic N) is 5. The van der Waals surface area contributed by atoms with E-state index >= 15 is 0 Å². The number of methoxy groups -OCH3 is 2. The van der Waals surface area contributed by atoms with Gasteiger partial charge in [-0.25, -0.2) is 9.71 Å². The quantitative estimate of drug-likeness (QED) is 0.624. The summed E-state index contributed by atoms with van der Waals surface area (Å²) in [4.78, 5) is 8.17. The maximum absolute atomic E-state index is 11.5. The summed E-state index contributed by atoms with van der Waals surface area (Å²) in [5.74, 6) is 0.648. The van der Waals surface area contributed by atoms with E-state index in [4.69, 9.17) is 20.2 Å². The zero-order chi connectivity index (χ0) is 18.7. The Labute approximate surface area is 153 Å². The molecule has 3 rings (SSSR count). The predicted molar refractivity (Wildman–Crippen MR) is 93.9 cm³/mol. The van der Waals surface area contributed by atoms with Crippen molar-refractivity contribution in [2.24, 2.45) is 0 Å². The number of hydrogen-bond donors (Lipinski definition) is 1. The molecular formula is C14H13ClN6O4S. The van der Waals surface area contributed by atoms with Crippen molar-refractivity contribution in [2.75, 3.05) is 18.9 Å². The van der Waals surface area contributed by atoms with Gasteiger partial charge in [0.25, 0.3) is 0 Å². The third kappa shape index (κ3) is 3.53. The van der Waals surface area contributed by atoms with Gasteiger partial charge in [-0.3, -0.25) is 9.55 Å². The van der Waals surface area contributed by atoms with Gasteiger partial charge in [0.15, 0.2) is 11.5 Å². The minimum atomic E-state index is -4.13. The Morgan fingerprint density at radius 2 is 1.96 bits per heavy atom. The molecule has 12 heteroatoms. The number of pyridine rings is 2. The lowest BCUT2D eigenvalue weighted by atomic mass is 10.2. The third-order valence-electron chi connectivity index (χ3n) is 3.29. The molecular weight excluding hydrogens is 384 g/mol. The molecule has 0 saturated carbocycles. The second kappa shape index (κ2) is 7.14.